The van der Waals surface area contributed by atoms with E-state index in [4.69, 9.17) is 4.42 Å². The number of nitrogens with zero attached hydrogens (tertiary/aromatic N) is 7. The van der Waals surface area contributed by atoms with Crippen LogP contribution in [0.1, 0.15) is 10.4 Å². The minimum Gasteiger partial charge on any atom is -0.423 e. The molecule has 12 nitrogen and oxygen atoms in total. The molecule has 2 heterocycles. The van der Waals surface area contributed by atoms with E-state index in [-0.39, 0.29) is 11.3 Å². The van der Waals surface area contributed by atoms with Crippen LogP contribution >= 0.6 is 11.8 Å². The van der Waals surface area contributed by atoms with E-state index in [1.165, 1.54) is 29.3 Å². The van der Waals surface area contributed by atoms with E-state index in [0.29, 0.717) is 27.2 Å². The first-order chi connectivity index (χ1) is 17.1. The number of nitro benzene ring substituents is 1. The fourth-order valence-electron chi connectivity index (χ4n) is 3.20. The van der Waals surface area contributed by atoms with Gasteiger partial charge in [0.25, 0.3) is 11.6 Å². The van der Waals surface area contributed by atoms with Crippen molar-refractivity contribution in [3.8, 4) is 17.1 Å². The number of tetrazole rings is 1. The lowest BCUT2D eigenvalue weighted by Crippen LogP contribution is -2.13. The molecular weight excluding hydrogens is 472 g/mol. The Morgan fingerprint density at radius 2 is 1.89 bits per heavy atom. The topological polar surface area (TPSA) is 155 Å². The summed E-state index contributed by atoms with van der Waals surface area (Å²) in [6, 6.07) is 20.1. The number of hydrogen-bond acceptors (Lipinski definition) is 10. The molecule has 0 aliphatic carbocycles. The van der Waals surface area contributed by atoms with Crippen molar-refractivity contribution in [2.24, 2.45) is 0 Å². The lowest BCUT2D eigenvalue weighted by atomic mass is 10.1. The van der Waals surface area contributed by atoms with Crippen molar-refractivity contribution in [3.63, 3.8) is 0 Å². The smallest absolute Gasteiger partial charge is 0.270 e. The van der Waals surface area contributed by atoms with Gasteiger partial charge in [-0.3, -0.25) is 14.9 Å². The first kappa shape index (κ1) is 21.9. The summed E-state index contributed by atoms with van der Waals surface area (Å²) in [6.45, 7) is 0. The number of hydrogen-bond donors (Lipinski definition) is 1. The Morgan fingerprint density at radius 1 is 1.03 bits per heavy atom. The minimum atomic E-state index is -0.560. The van der Waals surface area contributed by atoms with Crippen molar-refractivity contribution in [2.45, 2.75) is 10.1 Å². The lowest BCUT2D eigenvalue weighted by Gasteiger charge is -2.11. The summed E-state index contributed by atoms with van der Waals surface area (Å²) in [5, 5.41) is 33.8. The van der Waals surface area contributed by atoms with Gasteiger partial charge in [-0.25, -0.2) is 0 Å². The molecule has 0 saturated carbocycles. The Balaban J connectivity index is 1.47. The summed E-state index contributed by atoms with van der Waals surface area (Å²) in [4.78, 5) is 24.5. The van der Waals surface area contributed by atoms with Gasteiger partial charge in [0.1, 0.15) is 0 Å². The molecule has 5 rings (SSSR count). The van der Waals surface area contributed by atoms with Crippen LogP contribution in [0.2, 0.25) is 0 Å². The molecule has 2 aromatic heterocycles. The van der Waals surface area contributed by atoms with E-state index >= 15 is 0 Å². The zero-order valence-electron chi connectivity index (χ0n) is 17.7. The van der Waals surface area contributed by atoms with Gasteiger partial charge in [-0.05, 0) is 58.6 Å². The molecule has 1 N–H and O–H groups in total. The van der Waals surface area contributed by atoms with Crippen LogP contribution in [0.3, 0.4) is 0 Å². The second-order valence-electron chi connectivity index (χ2n) is 7.03. The fourth-order valence-corrected chi connectivity index (χ4v) is 4.10. The van der Waals surface area contributed by atoms with Gasteiger partial charge in [-0.2, -0.15) is 4.68 Å². The van der Waals surface area contributed by atoms with Crippen LogP contribution in [-0.2, 0) is 0 Å². The summed E-state index contributed by atoms with van der Waals surface area (Å²) in [5.41, 5.74) is 1.65. The maximum atomic E-state index is 13.2. The minimum absolute atomic E-state index is 0.0926. The molecular formula is C22H14N8O4S. The normalized spacial score (nSPS) is 10.7. The van der Waals surface area contributed by atoms with Crippen molar-refractivity contribution in [2.75, 3.05) is 5.32 Å². The van der Waals surface area contributed by atoms with Crippen LogP contribution in [0.15, 0.2) is 93.7 Å². The predicted octanol–water partition coefficient (Wildman–Crippen LogP) is 4.02. The van der Waals surface area contributed by atoms with E-state index in [1.807, 2.05) is 30.3 Å². The molecule has 0 radical (unpaired) electrons. The average molecular weight is 486 g/mol. The first-order valence-corrected chi connectivity index (χ1v) is 10.9. The quantitative estimate of drug-likeness (QED) is 0.263. The monoisotopic (exact) mass is 486 g/mol. The average Bonchev–Trinajstić information content (AvgIpc) is 3.57. The Hall–Kier alpha value is -4.91. The van der Waals surface area contributed by atoms with Gasteiger partial charge < -0.3 is 9.73 Å². The van der Waals surface area contributed by atoms with E-state index < -0.39 is 10.8 Å². The van der Waals surface area contributed by atoms with Crippen LogP contribution in [0.25, 0.3) is 17.1 Å². The van der Waals surface area contributed by atoms with E-state index in [9.17, 15) is 14.9 Å². The van der Waals surface area contributed by atoms with Crippen LogP contribution in [-0.4, -0.2) is 41.2 Å². The largest absolute Gasteiger partial charge is 0.423 e. The second kappa shape index (κ2) is 9.52. The molecule has 1 amide bonds. The molecule has 0 atom stereocenters. The highest BCUT2D eigenvalue weighted by Gasteiger charge is 2.21. The summed E-state index contributed by atoms with van der Waals surface area (Å²) in [7, 11) is 0. The Labute approximate surface area is 201 Å². The van der Waals surface area contributed by atoms with Gasteiger partial charge in [-0.15, -0.1) is 15.3 Å². The molecule has 3 aromatic carbocycles. The number of aromatic nitrogens is 6. The van der Waals surface area contributed by atoms with Crippen LogP contribution in [0.5, 0.6) is 0 Å². The molecule has 172 valence electrons. The zero-order valence-corrected chi connectivity index (χ0v) is 18.5. The van der Waals surface area contributed by atoms with Crippen molar-refractivity contribution in [1.29, 1.82) is 0 Å². The SMILES string of the molecule is O=C(Nc1cccc(-c2nnco2)c1)c1cc([N+](=O)[O-])ccc1Sc1nnnn1-c1ccccc1. The van der Waals surface area contributed by atoms with Gasteiger partial charge in [0.2, 0.25) is 17.4 Å². The maximum absolute atomic E-state index is 13.2. The number of nitro groups is 1. The second-order valence-corrected chi connectivity index (χ2v) is 8.04. The molecule has 0 bridgehead atoms. The number of carbonyl (C=O) groups is 1. The third-order valence-corrected chi connectivity index (χ3v) is 5.80. The number of amides is 1. The van der Waals surface area contributed by atoms with Crippen LogP contribution in [0.4, 0.5) is 11.4 Å². The fraction of sp³-hybridized carbons (Fsp3) is 0. The number of rotatable bonds is 7. The lowest BCUT2D eigenvalue weighted by molar-refractivity contribution is -0.384. The summed E-state index contributed by atoms with van der Waals surface area (Å²) in [5.74, 6) is -0.252. The van der Waals surface area contributed by atoms with E-state index in [0.717, 1.165) is 17.4 Å². The highest BCUT2D eigenvalue weighted by molar-refractivity contribution is 7.99. The van der Waals surface area contributed by atoms with E-state index in [1.54, 1.807) is 24.3 Å². The zero-order chi connectivity index (χ0) is 24.2. The van der Waals surface area contributed by atoms with E-state index in [2.05, 4.69) is 31.0 Å². The number of carbonyl (C=O) groups excluding carboxylic acids is 1. The van der Waals surface area contributed by atoms with Crippen molar-refractivity contribution < 1.29 is 14.1 Å². The summed E-state index contributed by atoms with van der Waals surface area (Å²) >= 11 is 1.11. The summed E-state index contributed by atoms with van der Waals surface area (Å²) in [6.07, 6.45) is 1.20. The molecule has 13 heteroatoms. The van der Waals surface area contributed by atoms with Crippen LogP contribution < -0.4 is 5.32 Å². The molecule has 0 saturated heterocycles. The van der Waals surface area contributed by atoms with Crippen LogP contribution in [0, 0.1) is 10.1 Å². The third-order valence-electron chi connectivity index (χ3n) is 4.79. The summed E-state index contributed by atoms with van der Waals surface area (Å²) < 4.78 is 6.71. The Morgan fingerprint density at radius 3 is 2.66 bits per heavy atom. The molecule has 0 fully saturated rings. The number of non-ortho nitro benzene ring substituents is 1. The molecule has 0 aliphatic heterocycles. The standard InChI is InChI=1S/C22H14N8O4S/c31-20(24-15-6-4-5-14(11-15)21-25-23-13-34-21)18-12-17(30(32)33)9-10-19(18)35-22-26-27-28-29(22)16-7-2-1-3-8-16/h1-13H,(H,24,31). The third kappa shape index (κ3) is 4.74. The van der Waals surface area contributed by atoms with Crippen molar-refractivity contribution >= 4 is 29.0 Å². The van der Waals surface area contributed by atoms with Gasteiger partial charge in [-0.1, -0.05) is 24.3 Å². The molecule has 35 heavy (non-hydrogen) atoms. The highest BCUT2D eigenvalue weighted by Crippen LogP contribution is 2.33. The van der Waals surface area contributed by atoms with Gasteiger partial charge in [0.15, 0.2) is 0 Å². The maximum Gasteiger partial charge on any atom is 0.270 e. The van der Waals surface area contributed by atoms with Crippen molar-refractivity contribution in [1.82, 2.24) is 30.4 Å². The number of anilines is 1. The van der Waals surface area contributed by atoms with Crippen molar-refractivity contribution in [3.05, 3.63) is 94.9 Å². The molecule has 0 spiro atoms. The molecule has 5 aromatic rings. The molecule has 0 unspecified atom stereocenters. The van der Waals surface area contributed by atoms with Gasteiger partial charge in [0, 0.05) is 28.3 Å². The molecule has 0 aliphatic rings. The van der Waals surface area contributed by atoms with Gasteiger partial charge >= 0.3 is 0 Å². The Bertz CT molecular complexity index is 1510. The highest BCUT2D eigenvalue weighted by atomic mass is 32.2. The number of para-hydroxylation sites is 1. The predicted molar refractivity (Wildman–Crippen MR) is 124 cm³/mol. The number of nitrogens with one attached hydrogen (secondary N) is 1. The Kier molecular flexibility index (Phi) is 5.96. The first-order valence-electron chi connectivity index (χ1n) is 10.1. The van der Waals surface area contributed by atoms with Gasteiger partial charge in [0.05, 0.1) is 16.2 Å². The number of benzene rings is 3.